The summed E-state index contributed by atoms with van der Waals surface area (Å²) in [6.45, 7) is 14.8. The van der Waals surface area contributed by atoms with Crippen LogP contribution in [0.1, 0.15) is 103 Å². The quantitative estimate of drug-likeness (QED) is 0.134. The molecule has 2 rings (SSSR count). The molecular weight excluding hydrogens is 543 g/mol. The van der Waals surface area contributed by atoms with Gasteiger partial charge < -0.3 is 0 Å². The molecule has 0 N–H and O–H groups in total. The van der Waals surface area contributed by atoms with Gasteiger partial charge in [0.2, 0.25) is 0 Å². The minimum atomic E-state index is -2.75. The van der Waals surface area contributed by atoms with Gasteiger partial charge in [-0.3, -0.25) is 0 Å². The summed E-state index contributed by atoms with van der Waals surface area (Å²) in [5, 5.41) is 0. The number of esters is 1. The van der Waals surface area contributed by atoms with E-state index < -0.39 is 18.4 Å². The van der Waals surface area contributed by atoms with E-state index >= 15 is 0 Å². The molecule has 0 amide bonds. The van der Waals surface area contributed by atoms with Gasteiger partial charge in [0.1, 0.15) is 0 Å². The number of carbonyl (C=O) groups excluding carboxylic acids is 1. The summed E-state index contributed by atoms with van der Waals surface area (Å²) >= 11 is -2.75. The molecule has 1 saturated heterocycles. The van der Waals surface area contributed by atoms with E-state index in [-0.39, 0.29) is 18.2 Å². The van der Waals surface area contributed by atoms with Gasteiger partial charge in [-0.25, -0.2) is 0 Å². The summed E-state index contributed by atoms with van der Waals surface area (Å²) in [6.07, 6.45) is 10.9. The molecule has 0 bridgehead atoms. The van der Waals surface area contributed by atoms with Gasteiger partial charge in [0.15, 0.2) is 0 Å². The van der Waals surface area contributed by atoms with Crippen LogP contribution in [0, 0.1) is 0 Å². The first kappa shape index (κ1) is 30.2. The molecule has 1 unspecified atom stereocenters. The average molecular weight is 593 g/mol. The van der Waals surface area contributed by atoms with Crippen LogP contribution in [0.15, 0.2) is 34.4 Å². The standard InChI is InChI=1S/C18H23O4.3C4H9.Sn/c1-3-14(13-17(19)20-4-2)15-8-10-16(11-9-15)22-18-7-5-6-12-21-18;3*1-3-4-2;/h8-11,14,18H,1,4-7,12-13H2,2H3;3*1,3-4H2,2H3;/t14-,18?;;;;/m0..../s1. The zero-order valence-electron chi connectivity index (χ0n) is 22.9. The molecule has 0 aliphatic carbocycles. The van der Waals surface area contributed by atoms with Crippen molar-refractivity contribution in [1.29, 1.82) is 0 Å². The van der Waals surface area contributed by atoms with Crippen LogP contribution < -0.4 is 4.74 Å². The number of rotatable bonds is 17. The fourth-order valence-corrected chi connectivity index (χ4v) is 21.9. The van der Waals surface area contributed by atoms with Crippen LogP contribution in [0.2, 0.25) is 13.3 Å². The molecule has 35 heavy (non-hydrogen) atoms. The third kappa shape index (κ3) is 9.75. The number of ether oxygens (including phenoxy) is 3. The third-order valence-corrected chi connectivity index (χ3v) is 23.6. The van der Waals surface area contributed by atoms with E-state index in [1.807, 2.05) is 19.1 Å². The molecule has 0 radical (unpaired) electrons. The van der Waals surface area contributed by atoms with E-state index in [0.29, 0.717) is 13.0 Å². The number of carbonyl (C=O) groups is 1. The monoisotopic (exact) mass is 594 g/mol. The third-order valence-electron chi connectivity index (χ3n) is 7.49. The van der Waals surface area contributed by atoms with Crippen molar-refractivity contribution in [2.24, 2.45) is 0 Å². The Balaban J connectivity index is 2.34. The summed E-state index contributed by atoms with van der Waals surface area (Å²) in [6, 6.07) is 8.37. The van der Waals surface area contributed by atoms with E-state index in [0.717, 1.165) is 31.6 Å². The molecule has 1 aromatic carbocycles. The normalized spacial score (nSPS) is 17.1. The van der Waals surface area contributed by atoms with Gasteiger partial charge in [-0.15, -0.1) is 0 Å². The van der Waals surface area contributed by atoms with Gasteiger partial charge in [-0.05, 0) is 0 Å². The molecule has 0 aromatic heterocycles. The summed E-state index contributed by atoms with van der Waals surface area (Å²) in [4.78, 5) is 12.7. The molecule has 5 heteroatoms. The Hall–Kier alpha value is -1.01. The molecule has 0 saturated carbocycles. The minimum absolute atomic E-state index is 0.0374. The zero-order chi connectivity index (χ0) is 25.5. The van der Waals surface area contributed by atoms with E-state index in [1.54, 1.807) is 0 Å². The number of benzene rings is 1. The molecule has 2 atom stereocenters. The van der Waals surface area contributed by atoms with Crippen molar-refractivity contribution in [3.05, 3.63) is 40.0 Å². The Kier molecular flexibility index (Phi) is 14.4. The van der Waals surface area contributed by atoms with Crippen LogP contribution in [0.4, 0.5) is 0 Å². The second-order valence-corrected chi connectivity index (χ2v) is 23.6. The second-order valence-electron chi connectivity index (χ2n) is 10.2. The molecule has 1 aromatic rings. The molecule has 1 fully saturated rings. The predicted molar refractivity (Wildman–Crippen MR) is 149 cm³/mol. The molecular formula is C30H50O4Sn. The van der Waals surface area contributed by atoms with E-state index in [9.17, 15) is 4.79 Å². The second kappa shape index (κ2) is 16.7. The Bertz CT molecular complexity index is 717. The van der Waals surface area contributed by atoms with Crippen LogP contribution in [0.5, 0.6) is 5.75 Å². The fraction of sp³-hybridized carbons (Fsp3) is 0.700. The molecule has 1 heterocycles. The SMILES string of the molecule is C=[C]([C@@H](CC(=O)OCC)c1ccc(OC2CCCCO2)cc1)[Sn]([CH2]CCC)([CH2]CCC)[CH2]CCC. The summed E-state index contributed by atoms with van der Waals surface area (Å²) < 4.78 is 22.7. The van der Waals surface area contributed by atoms with E-state index in [2.05, 4.69) is 32.9 Å². The topological polar surface area (TPSA) is 44.8 Å². The van der Waals surface area contributed by atoms with Crippen molar-refractivity contribution in [3.63, 3.8) is 0 Å². The Morgan fingerprint density at radius 1 is 1.00 bits per heavy atom. The molecule has 198 valence electrons. The van der Waals surface area contributed by atoms with Gasteiger partial charge in [0.25, 0.3) is 0 Å². The van der Waals surface area contributed by atoms with Gasteiger partial charge in [0.05, 0.1) is 0 Å². The number of allylic oxidation sites excluding steroid dienone is 1. The van der Waals surface area contributed by atoms with Crippen molar-refractivity contribution < 1.29 is 19.0 Å². The summed E-state index contributed by atoms with van der Waals surface area (Å²) in [5.41, 5.74) is 1.17. The Morgan fingerprint density at radius 3 is 2.09 bits per heavy atom. The first-order valence-corrected chi connectivity index (χ1v) is 21.7. The van der Waals surface area contributed by atoms with Crippen LogP contribution >= 0.6 is 0 Å². The van der Waals surface area contributed by atoms with Crippen molar-refractivity contribution in [3.8, 4) is 5.75 Å². The predicted octanol–water partition coefficient (Wildman–Crippen LogP) is 8.57. The van der Waals surface area contributed by atoms with Gasteiger partial charge in [-0.1, -0.05) is 0 Å². The first-order chi connectivity index (χ1) is 17.0. The van der Waals surface area contributed by atoms with Crippen molar-refractivity contribution >= 4 is 24.3 Å². The summed E-state index contributed by atoms with van der Waals surface area (Å²) in [5.74, 6) is 0.755. The number of unbranched alkanes of at least 4 members (excludes halogenated alkanes) is 3. The van der Waals surface area contributed by atoms with E-state index in [4.69, 9.17) is 20.8 Å². The maximum atomic E-state index is 12.7. The van der Waals surface area contributed by atoms with Crippen LogP contribution in [0.3, 0.4) is 0 Å². The first-order valence-electron chi connectivity index (χ1n) is 14.2. The van der Waals surface area contributed by atoms with Crippen molar-refractivity contribution in [2.45, 2.75) is 117 Å². The maximum absolute atomic E-state index is 12.7. The molecule has 0 spiro atoms. The van der Waals surface area contributed by atoms with Crippen LogP contribution in [-0.2, 0) is 14.3 Å². The van der Waals surface area contributed by atoms with Crippen molar-refractivity contribution in [2.75, 3.05) is 13.2 Å². The Morgan fingerprint density at radius 2 is 1.60 bits per heavy atom. The van der Waals surface area contributed by atoms with Gasteiger partial charge in [0, 0.05) is 0 Å². The zero-order valence-corrected chi connectivity index (χ0v) is 25.8. The van der Waals surface area contributed by atoms with E-state index in [1.165, 1.54) is 61.0 Å². The molecule has 4 nitrogen and oxygen atoms in total. The molecule has 1 aliphatic rings. The molecule has 1 aliphatic heterocycles. The van der Waals surface area contributed by atoms with Crippen LogP contribution in [-0.4, -0.2) is 43.9 Å². The summed E-state index contributed by atoms with van der Waals surface area (Å²) in [7, 11) is 0. The van der Waals surface area contributed by atoms with Gasteiger partial charge in [-0.2, -0.15) is 0 Å². The van der Waals surface area contributed by atoms with Gasteiger partial charge >= 0.3 is 220 Å². The fourth-order valence-electron chi connectivity index (χ4n) is 5.34. The van der Waals surface area contributed by atoms with Crippen LogP contribution in [0.25, 0.3) is 0 Å². The number of hydrogen-bond donors (Lipinski definition) is 0. The Labute approximate surface area is 219 Å². The van der Waals surface area contributed by atoms with Crippen molar-refractivity contribution in [1.82, 2.24) is 0 Å². The average Bonchev–Trinajstić information content (AvgIpc) is 2.88. The number of hydrogen-bond acceptors (Lipinski definition) is 4.